The van der Waals surface area contributed by atoms with Crippen molar-refractivity contribution in [3.63, 3.8) is 0 Å². The van der Waals surface area contributed by atoms with Gasteiger partial charge < -0.3 is 4.57 Å². The summed E-state index contributed by atoms with van der Waals surface area (Å²) in [6.45, 7) is 7.77. The molecule has 0 aliphatic carbocycles. The van der Waals surface area contributed by atoms with Gasteiger partial charge >= 0.3 is 6.18 Å². The van der Waals surface area contributed by atoms with E-state index in [-0.39, 0.29) is 6.54 Å². The second-order valence-corrected chi connectivity index (χ2v) is 3.67. The lowest BCUT2D eigenvalue weighted by molar-refractivity contribution is -0.146. The minimum atomic E-state index is -4.40. The molecule has 0 N–H and O–H groups in total. The Hall–Kier alpha value is -1.52. The van der Waals surface area contributed by atoms with Gasteiger partial charge in [-0.15, -0.1) is 0 Å². The summed E-state index contributed by atoms with van der Waals surface area (Å²) < 4.78 is 39.3. The maximum absolute atomic E-state index is 12.7. The average Bonchev–Trinajstić information content (AvgIpc) is 2.69. The Balaban J connectivity index is 0.000000771. The third kappa shape index (κ3) is 2.66. The number of aryl methyl sites for hydroxylation is 2. The highest BCUT2D eigenvalue weighted by atomic mass is 19.4. The van der Waals surface area contributed by atoms with Crippen LogP contribution in [0.3, 0.4) is 0 Å². The molecule has 1 heterocycles. The van der Waals surface area contributed by atoms with Gasteiger partial charge in [-0.05, 0) is 31.5 Å². The van der Waals surface area contributed by atoms with Crippen molar-refractivity contribution in [1.82, 2.24) is 9.55 Å². The number of aromatic nitrogens is 2. The predicted molar refractivity (Wildman–Crippen MR) is 66.5 cm³/mol. The Morgan fingerprint density at radius 1 is 1.22 bits per heavy atom. The molecule has 2 nitrogen and oxygen atoms in total. The van der Waals surface area contributed by atoms with Crippen LogP contribution < -0.4 is 0 Å². The highest BCUT2D eigenvalue weighted by Gasteiger charge is 2.37. The van der Waals surface area contributed by atoms with Crippen LogP contribution in [0.4, 0.5) is 13.2 Å². The van der Waals surface area contributed by atoms with E-state index in [1.165, 1.54) is 4.57 Å². The van der Waals surface area contributed by atoms with Crippen LogP contribution in [-0.2, 0) is 12.7 Å². The van der Waals surface area contributed by atoms with E-state index in [0.717, 1.165) is 5.56 Å². The van der Waals surface area contributed by atoms with Gasteiger partial charge in [0.05, 0.1) is 11.0 Å². The topological polar surface area (TPSA) is 17.8 Å². The Labute approximate surface area is 104 Å². The second-order valence-electron chi connectivity index (χ2n) is 3.67. The zero-order chi connectivity index (χ0) is 13.9. The molecular weight excluding hydrogens is 241 g/mol. The van der Waals surface area contributed by atoms with Gasteiger partial charge in [0.1, 0.15) is 0 Å². The van der Waals surface area contributed by atoms with Crippen LogP contribution in [0.25, 0.3) is 11.0 Å². The highest BCUT2D eigenvalue weighted by Crippen LogP contribution is 2.31. The number of hydrogen-bond acceptors (Lipinski definition) is 1. The van der Waals surface area contributed by atoms with Crippen LogP contribution in [0.15, 0.2) is 18.2 Å². The van der Waals surface area contributed by atoms with E-state index in [1.807, 2.05) is 20.8 Å². The molecule has 100 valence electrons. The molecule has 2 rings (SSSR count). The summed E-state index contributed by atoms with van der Waals surface area (Å²) in [5.41, 5.74) is 1.83. The maximum Gasteiger partial charge on any atom is 0.449 e. The van der Waals surface area contributed by atoms with Crippen molar-refractivity contribution in [3.8, 4) is 0 Å². The largest absolute Gasteiger partial charge is 0.449 e. The fourth-order valence-electron chi connectivity index (χ4n) is 1.78. The summed E-state index contributed by atoms with van der Waals surface area (Å²) in [7, 11) is 0. The van der Waals surface area contributed by atoms with Gasteiger partial charge in [-0.3, -0.25) is 0 Å². The van der Waals surface area contributed by atoms with Gasteiger partial charge in [0.15, 0.2) is 0 Å². The van der Waals surface area contributed by atoms with E-state index in [1.54, 1.807) is 25.1 Å². The van der Waals surface area contributed by atoms with E-state index in [4.69, 9.17) is 0 Å². The molecular formula is C13H17F3N2. The van der Waals surface area contributed by atoms with Gasteiger partial charge in [-0.25, -0.2) is 4.98 Å². The molecule has 2 aromatic rings. The normalized spacial score (nSPS) is 11.3. The summed E-state index contributed by atoms with van der Waals surface area (Å²) in [6, 6.07) is 5.13. The van der Waals surface area contributed by atoms with Crippen molar-refractivity contribution in [2.24, 2.45) is 0 Å². The third-order valence-electron chi connectivity index (χ3n) is 2.47. The van der Waals surface area contributed by atoms with Crippen LogP contribution in [0.1, 0.15) is 32.2 Å². The molecule has 0 saturated carbocycles. The monoisotopic (exact) mass is 258 g/mol. The Kier molecular flexibility index (Phi) is 4.38. The van der Waals surface area contributed by atoms with E-state index in [2.05, 4.69) is 4.98 Å². The number of hydrogen-bond donors (Lipinski definition) is 0. The number of rotatable bonds is 1. The molecule has 0 radical (unpaired) electrons. The van der Waals surface area contributed by atoms with Gasteiger partial charge in [-0.1, -0.05) is 19.9 Å². The first kappa shape index (κ1) is 14.5. The average molecular weight is 258 g/mol. The summed E-state index contributed by atoms with van der Waals surface area (Å²) in [4.78, 5) is 3.65. The fourth-order valence-corrected chi connectivity index (χ4v) is 1.78. The molecule has 0 fully saturated rings. The van der Waals surface area contributed by atoms with Crippen LogP contribution >= 0.6 is 0 Å². The smallest absolute Gasteiger partial charge is 0.321 e. The van der Waals surface area contributed by atoms with Crippen LogP contribution in [0.2, 0.25) is 0 Å². The SMILES string of the molecule is CC.CCn1c(C(F)(F)F)nc2cc(C)ccc21. The lowest BCUT2D eigenvalue weighted by Crippen LogP contribution is -2.14. The van der Waals surface area contributed by atoms with E-state index >= 15 is 0 Å². The Bertz CT molecular complexity index is 527. The second kappa shape index (κ2) is 5.42. The molecule has 0 unspecified atom stereocenters. The lowest BCUT2D eigenvalue weighted by atomic mass is 10.2. The number of imidazole rings is 1. The van der Waals surface area contributed by atoms with E-state index < -0.39 is 12.0 Å². The molecule has 5 heteroatoms. The van der Waals surface area contributed by atoms with Gasteiger partial charge in [0.2, 0.25) is 5.82 Å². The van der Waals surface area contributed by atoms with Crippen molar-refractivity contribution < 1.29 is 13.2 Å². The summed E-state index contributed by atoms with van der Waals surface area (Å²) >= 11 is 0. The quantitative estimate of drug-likeness (QED) is 0.740. The Morgan fingerprint density at radius 2 is 1.83 bits per heavy atom. The molecule has 0 aliphatic rings. The van der Waals surface area contributed by atoms with E-state index in [0.29, 0.717) is 11.0 Å². The maximum atomic E-state index is 12.7. The summed E-state index contributed by atoms with van der Waals surface area (Å²) in [5.74, 6) is -0.824. The molecule has 0 atom stereocenters. The summed E-state index contributed by atoms with van der Waals surface area (Å²) in [5, 5.41) is 0. The minimum Gasteiger partial charge on any atom is -0.321 e. The van der Waals surface area contributed by atoms with Crippen molar-refractivity contribution in [2.45, 2.75) is 40.4 Å². The van der Waals surface area contributed by atoms with Gasteiger partial charge in [-0.2, -0.15) is 13.2 Å². The third-order valence-corrected chi connectivity index (χ3v) is 2.47. The first-order valence-electron chi connectivity index (χ1n) is 5.97. The summed E-state index contributed by atoms with van der Waals surface area (Å²) in [6.07, 6.45) is -4.40. The first-order chi connectivity index (χ1) is 8.43. The Morgan fingerprint density at radius 3 is 2.33 bits per heavy atom. The molecule has 0 amide bonds. The predicted octanol–water partition coefficient (Wildman–Crippen LogP) is 4.41. The van der Waals surface area contributed by atoms with Crippen LogP contribution in [0.5, 0.6) is 0 Å². The van der Waals surface area contributed by atoms with Gasteiger partial charge in [0.25, 0.3) is 0 Å². The first-order valence-corrected chi connectivity index (χ1v) is 5.97. The van der Waals surface area contributed by atoms with Crippen LogP contribution in [0, 0.1) is 6.92 Å². The number of benzene rings is 1. The number of fused-ring (bicyclic) bond motifs is 1. The van der Waals surface area contributed by atoms with Gasteiger partial charge in [0, 0.05) is 6.54 Å². The zero-order valence-corrected chi connectivity index (χ0v) is 11.0. The number of halogens is 3. The lowest BCUT2D eigenvalue weighted by Gasteiger charge is -2.08. The van der Waals surface area contributed by atoms with Crippen molar-refractivity contribution in [2.75, 3.05) is 0 Å². The number of alkyl halides is 3. The zero-order valence-electron chi connectivity index (χ0n) is 11.0. The van der Waals surface area contributed by atoms with Crippen molar-refractivity contribution >= 4 is 11.0 Å². The molecule has 18 heavy (non-hydrogen) atoms. The minimum absolute atomic E-state index is 0.258. The molecule has 0 spiro atoms. The molecule has 0 bridgehead atoms. The standard InChI is InChI=1S/C11H11F3N2.C2H6/c1-3-16-9-5-4-7(2)6-8(9)15-10(16)11(12,13)14;1-2/h4-6H,3H2,1-2H3;1-2H3. The van der Waals surface area contributed by atoms with Crippen molar-refractivity contribution in [3.05, 3.63) is 29.6 Å². The fraction of sp³-hybridized carbons (Fsp3) is 0.462. The molecule has 0 aliphatic heterocycles. The highest BCUT2D eigenvalue weighted by molar-refractivity contribution is 5.77. The van der Waals surface area contributed by atoms with Crippen LogP contribution in [-0.4, -0.2) is 9.55 Å². The molecule has 0 saturated heterocycles. The molecule has 1 aromatic heterocycles. The van der Waals surface area contributed by atoms with Crippen molar-refractivity contribution in [1.29, 1.82) is 0 Å². The molecule has 1 aromatic carbocycles. The van der Waals surface area contributed by atoms with E-state index in [9.17, 15) is 13.2 Å². The number of nitrogens with zero attached hydrogens (tertiary/aromatic N) is 2.